The van der Waals surface area contributed by atoms with Crippen molar-refractivity contribution in [2.75, 3.05) is 18.4 Å². The quantitative estimate of drug-likeness (QED) is 0.0637. The third kappa shape index (κ3) is 10.4. The molecule has 14 nitrogen and oxygen atoms in total. The Morgan fingerprint density at radius 2 is 1.60 bits per heavy atom. The van der Waals surface area contributed by atoms with Crippen LogP contribution in [0, 0.1) is 16.0 Å². The van der Waals surface area contributed by atoms with Gasteiger partial charge in [-0.15, -0.1) is 0 Å². The normalized spacial score (nSPS) is 12.0. The van der Waals surface area contributed by atoms with E-state index in [-0.39, 0.29) is 30.5 Å². The van der Waals surface area contributed by atoms with Crippen molar-refractivity contribution in [3.63, 3.8) is 0 Å². The SMILES string of the molecule is CC(C)C(NC(=O)c1ccccc1)C(=O)NCC(=O)NC(CCCN=C(N)N)C(=O)Nc1ccc([N+](=O)[O-])cc1. The number of anilines is 1. The number of nitro benzene ring substituents is 1. The van der Waals surface area contributed by atoms with E-state index in [1.165, 1.54) is 24.3 Å². The maximum atomic E-state index is 12.9. The van der Waals surface area contributed by atoms with E-state index in [0.29, 0.717) is 17.7 Å². The Labute approximate surface area is 231 Å². The summed E-state index contributed by atoms with van der Waals surface area (Å²) in [6, 6.07) is 11.7. The highest BCUT2D eigenvalue weighted by Crippen LogP contribution is 2.16. The third-order valence-corrected chi connectivity index (χ3v) is 5.64. The summed E-state index contributed by atoms with van der Waals surface area (Å²) < 4.78 is 0. The van der Waals surface area contributed by atoms with Crippen LogP contribution in [0.5, 0.6) is 0 Å². The first-order valence-electron chi connectivity index (χ1n) is 12.5. The lowest BCUT2D eigenvalue weighted by atomic mass is 10.0. The Morgan fingerprint density at radius 1 is 0.950 bits per heavy atom. The van der Waals surface area contributed by atoms with Crippen LogP contribution in [0.1, 0.15) is 37.0 Å². The van der Waals surface area contributed by atoms with Crippen LogP contribution in [0.15, 0.2) is 59.6 Å². The van der Waals surface area contributed by atoms with Gasteiger partial charge >= 0.3 is 0 Å². The summed E-state index contributed by atoms with van der Waals surface area (Å²) in [6.07, 6.45) is 0.515. The summed E-state index contributed by atoms with van der Waals surface area (Å²) in [5, 5.41) is 21.2. The number of nitrogens with one attached hydrogen (secondary N) is 4. The molecular weight excluding hydrogens is 520 g/mol. The summed E-state index contributed by atoms with van der Waals surface area (Å²) in [5.41, 5.74) is 11.2. The van der Waals surface area contributed by atoms with E-state index in [1.54, 1.807) is 44.2 Å². The number of hydrogen-bond donors (Lipinski definition) is 6. The lowest BCUT2D eigenvalue weighted by Gasteiger charge is -2.22. The van der Waals surface area contributed by atoms with Gasteiger partial charge in [0.05, 0.1) is 11.5 Å². The van der Waals surface area contributed by atoms with Gasteiger partial charge in [0, 0.05) is 29.9 Å². The Kier molecular flexibility index (Phi) is 12.0. The molecule has 0 saturated carbocycles. The van der Waals surface area contributed by atoms with Gasteiger partial charge in [-0.25, -0.2) is 0 Å². The molecule has 4 amide bonds. The van der Waals surface area contributed by atoms with Crippen LogP contribution in [0.25, 0.3) is 0 Å². The summed E-state index contributed by atoms with van der Waals surface area (Å²) >= 11 is 0. The molecule has 0 aliphatic rings. The summed E-state index contributed by atoms with van der Waals surface area (Å²) in [7, 11) is 0. The molecule has 2 rings (SSSR count). The molecule has 0 heterocycles. The molecule has 40 heavy (non-hydrogen) atoms. The first-order chi connectivity index (χ1) is 19.0. The van der Waals surface area contributed by atoms with Gasteiger partial charge < -0.3 is 32.7 Å². The molecule has 0 spiro atoms. The second-order valence-electron chi connectivity index (χ2n) is 9.14. The van der Waals surface area contributed by atoms with Crippen molar-refractivity contribution in [3.05, 3.63) is 70.3 Å². The van der Waals surface area contributed by atoms with E-state index >= 15 is 0 Å². The number of non-ortho nitro benzene ring substituents is 1. The highest BCUT2D eigenvalue weighted by molar-refractivity contribution is 5.99. The van der Waals surface area contributed by atoms with Crippen LogP contribution in [0.3, 0.4) is 0 Å². The third-order valence-electron chi connectivity index (χ3n) is 5.64. The molecule has 0 bridgehead atoms. The van der Waals surface area contributed by atoms with Crippen molar-refractivity contribution in [3.8, 4) is 0 Å². The molecule has 214 valence electrons. The number of aliphatic imine (C=N–C) groups is 1. The number of nitro groups is 1. The van der Waals surface area contributed by atoms with Crippen LogP contribution in [0.4, 0.5) is 11.4 Å². The average Bonchev–Trinajstić information content (AvgIpc) is 2.92. The number of amides is 4. The Hall–Kier alpha value is -5.01. The number of carbonyl (C=O) groups is 4. The predicted octanol–water partition coefficient (Wildman–Crippen LogP) is 0.643. The van der Waals surface area contributed by atoms with Crippen molar-refractivity contribution in [2.24, 2.45) is 22.4 Å². The smallest absolute Gasteiger partial charge is 0.269 e. The monoisotopic (exact) mass is 554 g/mol. The van der Waals surface area contributed by atoms with Gasteiger partial charge in [0.1, 0.15) is 12.1 Å². The van der Waals surface area contributed by atoms with Crippen molar-refractivity contribution >= 4 is 41.0 Å². The molecule has 8 N–H and O–H groups in total. The Morgan fingerprint density at radius 3 is 2.17 bits per heavy atom. The highest BCUT2D eigenvalue weighted by atomic mass is 16.6. The van der Waals surface area contributed by atoms with Crippen molar-refractivity contribution in [1.29, 1.82) is 0 Å². The number of hydrogen-bond acceptors (Lipinski definition) is 7. The summed E-state index contributed by atoms with van der Waals surface area (Å²) in [5.74, 6) is -2.59. The lowest BCUT2D eigenvalue weighted by molar-refractivity contribution is -0.384. The fourth-order valence-corrected chi connectivity index (χ4v) is 3.54. The Balaban J connectivity index is 2.01. The van der Waals surface area contributed by atoms with E-state index in [2.05, 4.69) is 26.3 Å². The zero-order chi connectivity index (χ0) is 29.7. The molecule has 14 heteroatoms. The van der Waals surface area contributed by atoms with E-state index in [9.17, 15) is 29.3 Å². The van der Waals surface area contributed by atoms with Gasteiger partial charge in [-0.3, -0.25) is 34.3 Å². The van der Waals surface area contributed by atoms with E-state index in [0.717, 1.165) is 0 Å². The van der Waals surface area contributed by atoms with Crippen LogP contribution in [-0.4, -0.2) is 59.7 Å². The minimum atomic E-state index is -1.02. The first-order valence-corrected chi connectivity index (χ1v) is 12.5. The molecule has 0 aliphatic carbocycles. The fraction of sp³-hybridized carbons (Fsp3) is 0.346. The molecule has 0 aliphatic heterocycles. The first kappa shape index (κ1) is 31.2. The van der Waals surface area contributed by atoms with Gasteiger partial charge in [0.25, 0.3) is 11.6 Å². The molecule has 0 saturated heterocycles. The van der Waals surface area contributed by atoms with E-state index < -0.39 is 47.2 Å². The van der Waals surface area contributed by atoms with Crippen molar-refractivity contribution < 1.29 is 24.1 Å². The average molecular weight is 555 g/mol. The zero-order valence-electron chi connectivity index (χ0n) is 22.3. The highest BCUT2D eigenvalue weighted by Gasteiger charge is 2.26. The molecule has 2 aromatic carbocycles. The van der Waals surface area contributed by atoms with Gasteiger partial charge in [-0.1, -0.05) is 32.0 Å². The lowest BCUT2D eigenvalue weighted by Crippen LogP contribution is -2.53. The van der Waals surface area contributed by atoms with E-state index in [1.807, 2.05) is 0 Å². The van der Waals surface area contributed by atoms with Crippen LogP contribution < -0.4 is 32.7 Å². The van der Waals surface area contributed by atoms with Crippen molar-refractivity contribution in [2.45, 2.75) is 38.8 Å². The summed E-state index contributed by atoms with van der Waals surface area (Å²) in [6.45, 7) is 3.28. The fourth-order valence-electron chi connectivity index (χ4n) is 3.54. The molecule has 0 aromatic heterocycles. The molecule has 2 unspecified atom stereocenters. The predicted molar refractivity (Wildman–Crippen MR) is 149 cm³/mol. The van der Waals surface area contributed by atoms with Gasteiger partial charge in [-0.2, -0.15) is 0 Å². The number of guanidine groups is 1. The van der Waals surface area contributed by atoms with Gasteiger partial charge in [-0.05, 0) is 43.0 Å². The molecule has 0 fully saturated rings. The van der Waals surface area contributed by atoms with Crippen molar-refractivity contribution in [1.82, 2.24) is 16.0 Å². The second-order valence-corrected chi connectivity index (χ2v) is 9.14. The molecular formula is C26H34N8O6. The molecule has 2 aromatic rings. The number of rotatable bonds is 14. The maximum absolute atomic E-state index is 12.9. The zero-order valence-corrected chi connectivity index (χ0v) is 22.3. The minimum Gasteiger partial charge on any atom is -0.370 e. The topological polar surface area (TPSA) is 224 Å². The van der Waals surface area contributed by atoms with Crippen LogP contribution in [0.2, 0.25) is 0 Å². The van der Waals surface area contributed by atoms with E-state index in [4.69, 9.17) is 11.5 Å². The van der Waals surface area contributed by atoms with Crippen LogP contribution >= 0.6 is 0 Å². The largest absolute Gasteiger partial charge is 0.370 e. The Bertz CT molecular complexity index is 1210. The number of carbonyl (C=O) groups excluding carboxylic acids is 4. The number of benzene rings is 2. The van der Waals surface area contributed by atoms with Gasteiger partial charge in [0.15, 0.2) is 5.96 Å². The maximum Gasteiger partial charge on any atom is 0.269 e. The minimum absolute atomic E-state index is 0.113. The standard InChI is InChI=1S/C26H34N8O6/c1-16(2)22(33-23(36)17-7-4-3-5-8-17)25(38)30-15-21(35)32-20(9-6-14-29-26(27)28)24(37)31-18-10-12-19(13-11-18)34(39)40/h3-5,7-8,10-13,16,20,22H,6,9,14-15H2,1-2H3,(H,30,38)(H,31,37)(H,32,35)(H,33,36)(H4,27,28,29). The number of nitrogens with two attached hydrogens (primary N) is 2. The number of nitrogens with zero attached hydrogens (tertiary/aromatic N) is 2. The van der Waals surface area contributed by atoms with Gasteiger partial charge in [0.2, 0.25) is 17.7 Å². The van der Waals surface area contributed by atoms with Crippen LogP contribution in [-0.2, 0) is 14.4 Å². The molecule has 2 atom stereocenters. The summed E-state index contributed by atoms with van der Waals surface area (Å²) in [4.78, 5) is 65.0. The molecule has 0 radical (unpaired) electrons. The second kappa shape index (κ2) is 15.4.